The summed E-state index contributed by atoms with van der Waals surface area (Å²) in [6, 6.07) is 2.92. The van der Waals surface area contributed by atoms with E-state index in [4.69, 9.17) is 0 Å². The summed E-state index contributed by atoms with van der Waals surface area (Å²) in [7, 11) is 0. The molecule has 3 heterocycles. The van der Waals surface area contributed by atoms with Crippen LogP contribution in [-0.4, -0.2) is 29.6 Å². The molecule has 4 heteroatoms. The molecule has 2 atom stereocenters. The largest absolute Gasteiger partial charge is 0.393 e. The van der Waals surface area contributed by atoms with E-state index in [1.165, 1.54) is 29.9 Å². The molecule has 2 aliphatic heterocycles. The molecule has 0 radical (unpaired) electrons. The molecule has 86 valence electrons. The number of carbonyl (C=O) groups excluding carboxylic acids is 1. The van der Waals surface area contributed by atoms with Crippen LogP contribution in [0.4, 0.5) is 5.69 Å². The maximum Gasteiger partial charge on any atom is 0.160 e. The fourth-order valence-corrected chi connectivity index (χ4v) is 3.80. The van der Waals surface area contributed by atoms with Crippen molar-refractivity contribution in [2.75, 3.05) is 4.90 Å². The Morgan fingerprint density at radius 3 is 2.62 bits per heavy atom. The van der Waals surface area contributed by atoms with Gasteiger partial charge >= 0.3 is 0 Å². The van der Waals surface area contributed by atoms with Crippen molar-refractivity contribution in [1.29, 1.82) is 0 Å². The van der Waals surface area contributed by atoms with Gasteiger partial charge in [0, 0.05) is 23.2 Å². The molecule has 1 aromatic heterocycles. The number of nitrogens with zero attached hydrogens (tertiary/aromatic N) is 1. The van der Waals surface area contributed by atoms with Crippen LogP contribution in [0.5, 0.6) is 0 Å². The molecule has 1 N–H and O–H groups in total. The first kappa shape index (κ1) is 10.3. The van der Waals surface area contributed by atoms with E-state index >= 15 is 0 Å². The molecule has 0 aliphatic carbocycles. The first-order chi connectivity index (χ1) is 7.78. The van der Waals surface area contributed by atoms with E-state index in [-0.39, 0.29) is 6.10 Å². The summed E-state index contributed by atoms with van der Waals surface area (Å²) in [6.07, 6.45) is 4.89. The predicted octanol–water partition coefficient (Wildman–Crippen LogP) is 2.05. The van der Waals surface area contributed by atoms with Crippen molar-refractivity contribution in [1.82, 2.24) is 0 Å². The van der Waals surface area contributed by atoms with Crippen LogP contribution in [0.25, 0.3) is 0 Å². The number of aliphatic hydroxyl groups excluding tert-OH is 1. The second-order valence-electron chi connectivity index (χ2n) is 4.74. The standard InChI is InChI=1S/C12H15NO2S/c14-6-12-5-10(7-16-12)13-8-1-2-9(13)4-11(15)3-8/h5-9,11,15H,1-4H2. The van der Waals surface area contributed by atoms with Gasteiger partial charge in [0.1, 0.15) is 0 Å². The minimum absolute atomic E-state index is 0.127. The monoisotopic (exact) mass is 237 g/mol. The summed E-state index contributed by atoms with van der Waals surface area (Å²) in [5, 5.41) is 11.8. The number of thiophene rings is 1. The van der Waals surface area contributed by atoms with Gasteiger partial charge in [-0.25, -0.2) is 0 Å². The molecule has 2 aliphatic rings. The Bertz CT molecular complexity index is 389. The lowest BCUT2D eigenvalue weighted by atomic mass is 9.99. The Hall–Kier alpha value is -0.870. The van der Waals surface area contributed by atoms with Crippen LogP contribution >= 0.6 is 11.3 Å². The Morgan fingerprint density at radius 1 is 1.38 bits per heavy atom. The molecule has 0 spiro atoms. The topological polar surface area (TPSA) is 40.5 Å². The summed E-state index contributed by atoms with van der Waals surface area (Å²) < 4.78 is 0. The van der Waals surface area contributed by atoms with Crippen LogP contribution in [0, 0.1) is 0 Å². The third-order valence-electron chi connectivity index (χ3n) is 3.73. The number of anilines is 1. The van der Waals surface area contributed by atoms with E-state index in [0.717, 1.165) is 24.0 Å². The molecule has 16 heavy (non-hydrogen) atoms. The van der Waals surface area contributed by atoms with Crippen LogP contribution in [0.15, 0.2) is 11.4 Å². The number of hydrogen-bond donors (Lipinski definition) is 1. The second-order valence-corrected chi connectivity index (χ2v) is 5.69. The maximum absolute atomic E-state index is 10.7. The molecular formula is C12H15NO2S. The molecule has 0 aromatic carbocycles. The molecule has 2 unspecified atom stereocenters. The molecule has 0 saturated carbocycles. The number of hydrogen-bond acceptors (Lipinski definition) is 4. The number of aldehydes is 1. The van der Waals surface area contributed by atoms with Gasteiger partial charge in [0.05, 0.1) is 11.0 Å². The number of carbonyl (C=O) groups is 1. The van der Waals surface area contributed by atoms with Crippen molar-refractivity contribution in [2.24, 2.45) is 0 Å². The number of aliphatic hydroxyl groups is 1. The van der Waals surface area contributed by atoms with E-state index in [9.17, 15) is 9.90 Å². The predicted molar refractivity (Wildman–Crippen MR) is 64.2 cm³/mol. The lowest BCUT2D eigenvalue weighted by molar-refractivity contribution is 0.112. The number of fused-ring (bicyclic) bond motifs is 2. The lowest BCUT2D eigenvalue weighted by Gasteiger charge is -2.38. The first-order valence-corrected chi connectivity index (χ1v) is 6.66. The maximum atomic E-state index is 10.7. The normalized spacial score (nSPS) is 33.1. The highest BCUT2D eigenvalue weighted by Crippen LogP contribution is 2.40. The van der Waals surface area contributed by atoms with Crippen LogP contribution < -0.4 is 4.90 Å². The van der Waals surface area contributed by atoms with E-state index < -0.39 is 0 Å². The van der Waals surface area contributed by atoms with E-state index in [0.29, 0.717) is 12.1 Å². The van der Waals surface area contributed by atoms with Gasteiger partial charge in [-0.15, -0.1) is 11.3 Å². The zero-order valence-corrected chi connectivity index (χ0v) is 9.82. The highest BCUT2D eigenvalue weighted by molar-refractivity contribution is 7.12. The summed E-state index contributed by atoms with van der Waals surface area (Å²) >= 11 is 1.50. The van der Waals surface area contributed by atoms with Gasteiger partial charge in [-0.1, -0.05) is 0 Å². The Morgan fingerprint density at radius 2 is 2.06 bits per heavy atom. The van der Waals surface area contributed by atoms with Crippen LogP contribution in [0.3, 0.4) is 0 Å². The molecule has 0 amide bonds. The van der Waals surface area contributed by atoms with Crippen LogP contribution in [0.1, 0.15) is 35.4 Å². The Balaban J connectivity index is 1.87. The molecule has 2 saturated heterocycles. The molecule has 3 rings (SSSR count). The molecule has 2 bridgehead atoms. The molecule has 3 nitrogen and oxygen atoms in total. The van der Waals surface area contributed by atoms with Crippen molar-refractivity contribution in [2.45, 2.75) is 43.9 Å². The fourth-order valence-electron chi connectivity index (χ4n) is 3.11. The number of piperidine rings is 1. The van der Waals surface area contributed by atoms with Crippen molar-refractivity contribution in [3.05, 3.63) is 16.3 Å². The van der Waals surface area contributed by atoms with Gasteiger partial charge in [-0.2, -0.15) is 0 Å². The average molecular weight is 237 g/mol. The summed E-state index contributed by atoms with van der Waals surface area (Å²) in [6.45, 7) is 0. The van der Waals surface area contributed by atoms with Gasteiger partial charge in [-0.3, -0.25) is 4.79 Å². The summed E-state index contributed by atoms with van der Waals surface area (Å²) in [5.41, 5.74) is 1.17. The lowest BCUT2D eigenvalue weighted by Crippen LogP contribution is -2.44. The van der Waals surface area contributed by atoms with Crippen molar-refractivity contribution < 1.29 is 9.90 Å². The third-order valence-corrected chi connectivity index (χ3v) is 4.57. The van der Waals surface area contributed by atoms with Crippen LogP contribution in [-0.2, 0) is 0 Å². The minimum atomic E-state index is -0.127. The smallest absolute Gasteiger partial charge is 0.160 e. The van der Waals surface area contributed by atoms with Gasteiger partial charge < -0.3 is 10.0 Å². The SMILES string of the molecule is O=Cc1cc(N2C3CCC2CC(O)C3)cs1. The van der Waals surface area contributed by atoms with Crippen molar-refractivity contribution in [3.63, 3.8) is 0 Å². The van der Waals surface area contributed by atoms with Crippen LogP contribution in [0.2, 0.25) is 0 Å². The van der Waals surface area contributed by atoms with Gasteiger partial charge in [0.25, 0.3) is 0 Å². The quantitative estimate of drug-likeness (QED) is 0.800. The number of rotatable bonds is 2. The fraction of sp³-hybridized carbons (Fsp3) is 0.583. The average Bonchev–Trinajstić information content (AvgIpc) is 2.81. The highest BCUT2D eigenvalue weighted by Gasteiger charge is 2.40. The zero-order chi connectivity index (χ0) is 11.1. The van der Waals surface area contributed by atoms with Gasteiger partial charge in [0.2, 0.25) is 0 Å². The molecule has 1 aromatic rings. The molecule has 2 fully saturated rings. The van der Waals surface area contributed by atoms with Crippen molar-refractivity contribution >= 4 is 23.3 Å². The third kappa shape index (κ3) is 1.57. The minimum Gasteiger partial charge on any atom is -0.393 e. The highest BCUT2D eigenvalue weighted by atomic mass is 32.1. The second kappa shape index (κ2) is 3.86. The van der Waals surface area contributed by atoms with E-state index in [1.807, 2.05) is 6.07 Å². The summed E-state index contributed by atoms with van der Waals surface area (Å²) in [5.74, 6) is 0. The van der Waals surface area contributed by atoms with Gasteiger partial charge in [-0.05, 0) is 31.7 Å². The molecular weight excluding hydrogens is 222 g/mol. The van der Waals surface area contributed by atoms with Crippen molar-refractivity contribution in [3.8, 4) is 0 Å². The first-order valence-electron chi connectivity index (χ1n) is 5.78. The summed E-state index contributed by atoms with van der Waals surface area (Å²) in [4.78, 5) is 13.9. The zero-order valence-electron chi connectivity index (χ0n) is 9.00. The van der Waals surface area contributed by atoms with E-state index in [1.54, 1.807) is 0 Å². The van der Waals surface area contributed by atoms with Gasteiger partial charge in [0.15, 0.2) is 6.29 Å². The van der Waals surface area contributed by atoms with E-state index in [2.05, 4.69) is 10.3 Å². The Kier molecular flexibility index (Phi) is 2.48. The Labute approximate surface area is 98.7 Å².